The van der Waals surface area contributed by atoms with Gasteiger partial charge in [-0.1, -0.05) is 11.3 Å². The second-order valence-corrected chi connectivity index (χ2v) is 4.18. The molecule has 68 valence electrons. The van der Waals surface area contributed by atoms with Crippen molar-refractivity contribution in [3.05, 3.63) is 11.1 Å². The molecule has 0 N–H and O–H groups in total. The van der Waals surface area contributed by atoms with E-state index in [1.165, 1.54) is 30.6 Å². The summed E-state index contributed by atoms with van der Waals surface area (Å²) in [6.07, 6.45) is 5.49. The van der Waals surface area contributed by atoms with E-state index < -0.39 is 0 Å². The monoisotopic (exact) mass is 193 g/mol. The molecule has 0 aliphatic carbocycles. The molecule has 0 spiro atoms. The minimum Gasteiger partial charge on any atom is -0.348 e. The first-order chi connectivity index (χ1) is 6.40. The molecular weight excluding hydrogens is 182 g/mol. The molecule has 2 heterocycles. The van der Waals surface area contributed by atoms with Crippen LogP contribution in [0.4, 0.5) is 5.13 Å². The van der Waals surface area contributed by atoms with Gasteiger partial charge >= 0.3 is 0 Å². The van der Waals surface area contributed by atoms with Gasteiger partial charge in [-0.3, -0.25) is 0 Å². The third-order valence-corrected chi connectivity index (χ3v) is 3.19. The van der Waals surface area contributed by atoms with Gasteiger partial charge in [0.2, 0.25) is 0 Å². The van der Waals surface area contributed by atoms with Gasteiger partial charge in [0, 0.05) is 13.1 Å². The summed E-state index contributed by atoms with van der Waals surface area (Å²) in [5.41, 5.74) is 0. The Morgan fingerprint density at radius 1 is 1.38 bits per heavy atom. The van der Waals surface area contributed by atoms with Crippen LogP contribution in [0.3, 0.4) is 0 Å². The maximum Gasteiger partial charge on any atom is 0.186 e. The topological polar surface area (TPSA) is 39.9 Å². The van der Waals surface area contributed by atoms with Crippen molar-refractivity contribution in [1.82, 2.24) is 4.98 Å². The Labute approximate surface area is 81.6 Å². The maximum atomic E-state index is 8.65. The van der Waals surface area contributed by atoms with E-state index in [0.717, 1.165) is 18.2 Å². The molecule has 4 heteroatoms. The molecule has 1 aromatic rings. The van der Waals surface area contributed by atoms with Gasteiger partial charge in [0.15, 0.2) is 5.13 Å². The Kier molecular flexibility index (Phi) is 2.46. The van der Waals surface area contributed by atoms with Crippen molar-refractivity contribution in [3.8, 4) is 6.07 Å². The van der Waals surface area contributed by atoms with Crippen LogP contribution in [0.1, 0.15) is 24.1 Å². The zero-order chi connectivity index (χ0) is 9.10. The molecular formula is C9H11N3S. The van der Waals surface area contributed by atoms with E-state index in [9.17, 15) is 0 Å². The van der Waals surface area contributed by atoms with Crippen molar-refractivity contribution in [3.63, 3.8) is 0 Å². The highest BCUT2D eigenvalue weighted by Gasteiger charge is 2.13. The Balaban J connectivity index is 2.11. The fourth-order valence-electron chi connectivity index (χ4n) is 1.55. The summed E-state index contributed by atoms with van der Waals surface area (Å²) < 4.78 is 0. The third kappa shape index (κ3) is 1.81. The van der Waals surface area contributed by atoms with Crippen LogP contribution in [-0.2, 0) is 0 Å². The lowest BCUT2D eigenvalue weighted by Crippen LogP contribution is -2.29. The van der Waals surface area contributed by atoms with Gasteiger partial charge in [0.25, 0.3) is 0 Å². The lowest BCUT2D eigenvalue weighted by Gasteiger charge is -2.25. The molecule has 1 saturated heterocycles. The Morgan fingerprint density at radius 2 is 2.15 bits per heavy atom. The molecule has 0 amide bonds. The Morgan fingerprint density at radius 3 is 2.77 bits per heavy atom. The zero-order valence-electron chi connectivity index (χ0n) is 7.36. The van der Waals surface area contributed by atoms with Gasteiger partial charge in [0.1, 0.15) is 10.9 Å². The average molecular weight is 193 g/mol. The first-order valence-corrected chi connectivity index (χ1v) is 5.32. The molecule has 1 fully saturated rings. The summed E-state index contributed by atoms with van der Waals surface area (Å²) in [7, 11) is 0. The Bertz CT molecular complexity index is 320. The highest BCUT2D eigenvalue weighted by molar-refractivity contribution is 7.16. The molecule has 1 aliphatic rings. The molecule has 1 aliphatic heterocycles. The highest BCUT2D eigenvalue weighted by Crippen LogP contribution is 2.24. The second-order valence-electron chi connectivity index (χ2n) is 3.17. The number of thiazole rings is 1. The van der Waals surface area contributed by atoms with Crippen molar-refractivity contribution in [2.45, 2.75) is 19.3 Å². The molecule has 0 unspecified atom stereocenters. The number of nitriles is 1. The fraction of sp³-hybridized carbons (Fsp3) is 0.556. The summed E-state index contributed by atoms with van der Waals surface area (Å²) >= 11 is 1.49. The van der Waals surface area contributed by atoms with Gasteiger partial charge in [0.05, 0.1) is 6.20 Å². The molecule has 0 atom stereocenters. The van der Waals surface area contributed by atoms with E-state index in [4.69, 9.17) is 5.26 Å². The first kappa shape index (κ1) is 8.52. The van der Waals surface area contributed by atoms with Crippen molar-refractivity contribution < 1.29 is 0 Å². The molecule has 1 aromatic heterocycles. The van der Waals surface area contributed by atoms with Gasteiger partial charge in [-0.05, 0) is 19.3 Å². The SMILES string of the molecule is N#Cc1cnc(N2CCCCC2)s1. The Hall–Kier alpha value is -1.08. The largest absolute Gasteiger partial charge is 0.348 e. The summed E-state index contributed by atoms with van der Waals surface area (Å²) in [5, 5.41) is 9.66. The smallest absolute Gasteiger partial charge is 0.186 e. The quantitative estimate of drug-likeness (QED) is 0.685. The van der Waals surface area contributed by atoms with Crippen LogP contribution in [0.15, 0.2) is 6.20 Å². The van der Waals surface area contributed by atoms with E-state index >= 15 is 0 Å². The zero-order valence-corrected chi connectivity index (χ0v) is 8.18. The van der Waals surface area contributed by atoms with Gasteiger partial charge < -0.3 is 4.90 Å². The van der Waals surface area contributed by atoms with Crippen LogP contribution in [0.5, 0.6) is 0 Å². The van der Waals surface area contributed by atoms with Crippen LogP contribution in [-0.4, -0.2) is 18.1 Å². The minimum atomic E-state index is 0.709. The van der Waals surface area contributed by atoms with E-state index in [1.54, 1.807) is 6.20 Å². The van der Waals surface area contributed by atoms with Crippen molar-refractivity contribution in [2.24, 2.45) is 0 Å². The molecule has 0 radical (unpaired) electrons. The van der Waals surface area contributed by atoms with Crippen molar-refractivity contribution in [1.29, 1.82) is 5.26 Å². The number of hydrogen-bond donors (Lipinski definition) is 0. The van der Waals surface area contributed by atoms with E-state index in [-0.39, 0.29) is 0 Å². The lowest BCUT2D eigenvalue weighted by molar-refractivity contribution is 0.577. The minimum absolute atomic E-state index is 0.709. The first-order valence-electron chi connectivity index (χ1n) is 4.51. The summed E-state index contributed by atoms with van der Waals surface area (Å²) in [4.78, 5) is 7.21. The fourth-order valence-corrected chi connectivity index (χ4v) is 2.31. The standard InChI is InChI=1S/C9H11N3S/c10-6-8-7-11-9(13-8)12-4-2-1-3-5-12/h7H,1-5H2. The van der Waals surface area contributed by atoms with Crippen LogP contribution in [0.2, 0.25) is 0 Å². The van der Waals surface area contributed by atoms with E-state index in [1.807, 2.05) is 0 Å². The number of nitrogens with zero attached hydrogens (tertiary/aromatic N) is 3. The van der Waals surface area contributed by atoms with Gasteiger partial charge in [-0.2, -0.15) is 5.26 Å². The number of aromatic nitrogens is 1. The van der Waals surface area contributed by atoms with Crippen LogP contribution < -0.4 is 4.90 Å². The lowest BCUT2D eigenvalue weighted by atomic mass is 10.1. The maximum absolute atomic E-state index is 8.65. The molecule has 13 heavy (non-hydrogen) atoms. The molecule has 0 bridgehead atoms. The normalized spacial score (nSPS) is 17.0. The molecule has 3 nitrogen and oxygen atoms in total. The molecule has 2 rings (SSSR count). The van der Waals surface area contributed by atoms with E-state index in [0.29, 0.717) is 4.88 Å². The average Bonchev–Trinajstić information content (AvgIpc) is 2.67. The molecule has 0 saturated carbocycles. The van der Waals surface area contributed by atoms with E-state index in [2.05, 4.69) is 16.0 Å². The number of rotatable bonds is 1. The summed E-state index contributed by atoms with van der Waals surface area (Å²) in [6, 6.07) is 2.12. The number of hydrogen-bond acceptors (Lipinski definition) is 4. The van der Waals surface area contributed by atoms with Crippen LogP contribution >= 0.6 is 11.3 Å². The second kappa shape index (κ2) is 3.75. The van der Waals surface area contributed by atoms with Crippen molar-refractivity contribution in [2.75, 3.05) is 18.0 Å². The van der Waals surface area contributed by atoms with Crippen LogP contribution in [0, 0.1) is 11.3 Å². The highest BCUT2D eigenvalue weighted by atomic mass is 32.1. The van der Waals surface area contributed by atoms with Crippen LogP contribution in [0.25, 0.3) is 0 Å². The number of piperidine rings is 1. The van der Waals surface area contributed by atoms with Gasteiger partial charge in [-0.15, -0.1) is 0 Å². The van der Waals surface area contributed by atoms with Gasteiger partial charge in [-0.25, -0.2) is 4.98 Å². The predicted octanol–water partition coefficient (Wildman–Crippen LogP) is 2.01. The molecule has 0 aromatic carbocycles. The summed E-state index contributed by atoms with van der Waals surface area (Å²) in [5.74, 6) is 0. The summed E-state index contributed by atoms with van der Waals surface area (Å²) in [6.45, 7) is 2.19. The third-order valence-electron chi connectivity index (χ3n) is 2.23. The predicted molar refractivity (Wildman–Crippen MR) is 52.9 cm³/mol. The van der Waals surface area contributed by atoms with Crippen molar-refractivity contribution >= 4 is 16.5 Å². The number of anilines is 1.